The van der Waals surface area contributed by atoms with Gasteiger partial charge in [-0.05, 0) is 82.3 Å². The van der Waals surface area contributed by atoms with Gasteiger partial charge in [0.2, 0.25) is 0 Å². The maximum atomic E-state index is 12.2. The second kappa shape index (κ2) is 10.6. The van der Waals surface area contributed by atoms with Crippen LogP contribution < -0.4 is 4.74 Å². The topological polar surface area (TPSA) is 32.8 Å². The summed E-state index contributed by atoms with van der Waals surface area (Å²) in [5.74, 6) is 1.95. The van der Waals surface area contributed by atoms with E-state index in [-0.39, 0.29) is 6.09 Å². The molecule has 0 atom stereocenters. The number of nitrogens with zero attached hydrogens (tertiary/aromatic N) is 2. The van der Waals surface area contributed by atoms with Crippen molar-refractivity contribution in [1.82, 2.24) is 9.80 Å². The number of hydrogen-bond donors (Lipinski definition) is 0. The van der Waals surface area contributed by atoms with E-state index < -0.39 is 0 Å². The van der Waals surface area contributed by atoms with Gasteiger partial charge >= 0.3 is 6.09 Å². The Morgan fingerprint density at radius 2 is 1.81 bits per heavy atom. The molecule has 1 aromatic rings. The molecule has 2 rings (SSSR count). The van der Waals surface area contributed by atoms with Gasteiger partial charge in [-0.1, -0.05) is 23.8 Å². The highest BCUT2D eigenvalue weighted by atomic mass is 35.5. The third-order valence-electron chi connectivity index (χ3n) is 4.97. The molecular formula is C21H31ClN2O2. The third-order valence-corrected chi connectivity index (χ3v) is 5.23. The number of carbonyl (C=O) groups excluding carboxylic acids is 1. The molecule has 5 heteroatoms. The van der Waals surface area contributed by atoms with Crippen LogP contribution in [0.3, 0.4) is 0 Å². The van der Waals surface area contributed by atoms with E-state index >= 15 is 0 Å². The molecule has 0 radical (unpaired) electrons. The molecule has 4 nitrogen and oxygen atoms in total. The van der Waals surface area contributed by atoms with Crippen LogP contribution in [0.2, 0.25) is 5.02 Å². The van der Waals surface area contributed by atoms with Crippen molar-refractivity contribution in [3.8, 4) is 5.75 Å². The summed E-state index contributed by atoms with van der Waals surface area (Å²) in [5.41, 5.74) is 0. The molecule has 26 heavy (non-hydrogen) atoms. The van der Waals surface area contributed by atoms with Gasteiger partial charge in [-0.25, -0.2) is 4.79 Å². The van der Waals surface area contributed by atoms with Crippen LogP contribution in [-0.2, 0) is 0 Å². The number of amides is 1. The van der Waals surface area contributed by atoms with Crippen LogP contribution in [0.25, 0.3) is 0 Å². The molecule has 1 aliphatic carbocycles. The molecule has 0 heterocycles. The average Bonchev–Trinajstić information content (AvgIpc) is 2.62. The third kappa shape index (κ3) is 7.38. The number of carbonyl (C=O) groups is 1. The molecule has 0 aliphatic heterocycles. The van der Waals surface area contributed by atoms with Crippen molar-refractivity contribution in [2.75, 3.05) is 34.2 Å². The van der Waals surface area contributed by atoms with Crippen molar-refractivity contribution < 1.29 is 9.53 Å². The minimum absolute atomic E-state index is 0.312. The molecule has 0 aromatic heterocycles. The van der Waals surface area contributed by atoms with Gasteiger partial charge in [-0.2, -0.15) is 0 Å². The van der Waals surface area contributed by atoms with E-state index in [2.05, 4.69) is 31.1 Å². The first-order valence-corrected chi connectivity index (χ1v) is 9.81. The van der Waals surface area contributed by atoms with Crippen LogP contribution in [-0.4, -0.2) is 50.1 Å². The molecule has 144 valence electrons. The molecule has 0 spiro atoms. The van der Waals surface area contributed by atoms with Crippen molar-refractivity contribution in [2.45, 2.75) is 32.1 Å². The average molecular weight is 379 g/mol. The van der Waals surface area contributed by atoms with Crippen molar-refractivity contribution in [3.05, 3.63) is 41.4 Å². The number of benzene rings is 1. The minimum atomic E-state index is -0.312. The van der Waals surface area contributed by atoms with E-state index in [4.69, 9.17) is 16.3 Å². The Kier molecular flexibility index (Phi) is 8.46. The first-order valence-electron chi connectivity index (χ1n) is 9.44. The molecule has 1 amide bonds. The van der Waals surface area contributed by atoms with Gasteiger partial charge in [0, 0.05) is 25.2 Å². The molecule has 1 saturated carbocycles. The quantitative estimate of drug-likeness (QED) is 0.620. The highest BCUT2D eigenvalue weighted by molar-refractivity contribution is 6.30. The minimum Gasteiger partial charge on any atom is -0.410 e. The first kappa shape index (κ1) is 20.8. The summed E-state index contributed by atoms with van der Waals surface area (Å²) in [6, 6.07) is 6.85. The number of allylic oxidation sites excluding steroid dienone is 1. The summed E-state index contributed by atoms with van der Waals surface area (Å²) in [5, 5.41) is 0.630. The molecule has 0 N–H and O–H groups in total. The number of likely N-dealkylation sites (N-methyl/N-ethyl adjacent to an activating group) is 1. The van der Waals surface area contributed by atoms with E-state index in [0.717, 1.165) is 25.4 Å². The van der Waals surface area contributed by atoms with Crippen LogP contribution in [0.1, 0.15) is 32.1 Å². The molecule has 1 aliphatic rings. The maximum Gasteiger partial charge on any atom is 0.414 e. The van der Waals surface area contributed by atoms with Gasteiger partial charge in [0.15, 0.2) is 0 Å². The van der Waals surface area contributed by atoms with Gasteiger partial charge < -0.3 is 14.5 Å². The lowest BCUT2D eigenvalue weighted by Crippen LogP contribution is -2.32. The number of hydrogen-bond acceptors (Lipinski definition) is 3. The fourth-order valence-corrected chi connectivity index (χ4v) is 3.41. The van der Waals surface area contributed by atoms with E-state index in [1.54, 1.807) is 36.2 Å². The Labute approximate surface area is 162 Å². The largest absolute Gasteiger partial charge is 0.414 e. The Bertz CT molecular complexity index is 578. The van der Waals surface area contributed by atoms with E-state index in [1.165, 1.54) is 25.7 Å². The highest BCUT2D eigenvalue weighted by Crippen LogP contribution is 2.31. The second-order valence-corrected chi connectivity index (χ2v) is 7.94. The summed E-state index contributed by atoms with van der Waals surface area (Å²) < 4.78 is 5.37. The fourth-order valence-electron chi connectivity index (χ4n) is 3.28. The first-order chi connectivity index (χ1) is 12.4. The van der Waals surface area contributed by atoms with Crippen molar-refractivity contribution in [2.24, 2.45) is 11.8 Å². The Hall–Kier alpha value is -1.52. The Morgan fingerprint density at radius 3 is 2.42 bits per heavy atom. The van der Waals surface area contributed by atoms with Gasteiger partial charge in [0.25, 0.3) is 0 Å². The summed E-state index contributed by atoms with van der Waals surface area (Å²) >= 11 is 5.84. The van der Waals surface area contributed by atoms with Gasteiger partial charge in [-0.3, -0.25) is 0 Å². The van der Waals surface area contributed by atoms with Crippen molar-refractivity contribution in [3.63, 3.8) is 0 Å². The van der Waals surface area contributed by atoms with E-state index in [0.29, 0.717) is 16.7 Å². The van der Waals surface area contributed by atoms with Gasteiger partial charge in [0.05, 0.1) is 0 Å². The zero-order valence-corrected chi connectivity index (χ0v) is 16.9. The lowest BCUT2D eigenvalue weighted by atomic mass is 9.80. The highest BCUT2D eigenvalue weighted by Gasteiger charge is 2.21. The molecule has 0 bridgehead atoms. The normalized spacial score (nSPS) is 20.5. The van der Waals surface area contributed by atoms with E-state index in [9.17, 15) is 4.79 Å². The molecule has 0 unspecified atom stereocenters. The standard InChI is InChI=1S/C21H31ClN2O2/c1-23(2)15-4-5-17-6-8-18(9-7-17)14-16-24(3)21(25)26-20-12-10-19(22)11-13-20/h4-5,10-13,17-18H,6-9,14-16H2,1-3H3. The van der Waals surface area contributed by atoms with Crippen molar-refractivity contribution >= 4 is 17.7 Å². The lowest BCUT2D eigenvalue weighted by Gasteiger charge is -2.28. The Balaban J connectivity index is 1.66. The van der Waals surface area contributed by atoms with Crippen molar-refractivity contribution in [1.29, 1.82) is 0 Å². The monoisotopic (exact) mass is 378 g/mol. The predicted octanol–water partition coefficient (Wildman–Crippen LogP) is 5.08. The second-order valence-electron chi connectivity index (χ2n) is 7.50. The number of rotatable bonds is 7. The predicted molar refractivity (Wildman–Crippen MR) is 108 cm³/mol. The van der Waals surface area contributed by atoms with Crippen LogP contribution in [0.4, 0.5) is 4.79 Å². The van der Waals surface area contributed by atoms with Crippen LogP contribution in [0, 0.1) is 11.8 Å². The summed E-state index contributed by atoms with van der Waals surface area (Å²) in [6.45, 7) is 1.75. The molecular weight excluding hydrogens is 348 g/mol. The summed E-state index contributed by atoms with van der Waals surface area (Å²) in [7, 11) is 5.99. The zero-order valence-electron chi connectivity index (χ0n) is 16.2. The molecule has 1 fully saturated rings. The molecule has 0 saturated heterocycles. The maximum absolute atomic E-state index is 12.2. The van der Waals surface area contributed by atoms with E-state index in [1.807, 2.05) is 0 Å². The summed E-state index contributed by atoms with van der Waals surface area (Å²) in [6.07, 6.45) is 10.4. The zero-order chi connectivity index (χ0) is 18.9. The van der Waals surface area contributed by atoms with Gasteiger partial charge in [-0.15, -0.1) is 0 Å². The summed E-state index contributed by atoms with van der Waals surface area (Å²) in [4.78, 5) is 16.0. The van der Waals surface area contributed by atoms with Crippen LogP contribution >= 0.6 is 11.6 Å². The molecule has 1 aromatic carbocycles. The van der Waals surface area contributed by atoms with Crippen LogP contribution in [0.5, 0.6) is 5.75 Å². The number of halogens is 1. The number of ether oxygens (including phenoxy) is 1. The fraction of sp³-hybridized carbons (Fsp3) is 0.571. The van der Waals surface area contributed by atoms with Crippen LogP contribution in [0.15, 0.2) is 36.4 Å². The Morgan fingerprint density at radius 1 is 1.15 bits per heavy atom. The van der Waals surface area contributed by atoms with Gasteiger partial charge in [0.1, 0.15) is 5.75 Å². The lowest BCUT2D eigenvalue weighted by molar-refractivity contribution is 0.157. The SMILES string of the molecule is CN(C)CC=CC1CCC(CCN(C)C(=O)Oc2ccc(Cl)cc2)CC1. The smallest absolute Gasteiger partial charge is 0.410 e.